The fraction of sp³-hybridized carbons (Fsp3) is 0.533. The Morgan fingerprint density at radius 2 is 1.91 bits per heavy atom. The Balaban J connectivity index is 0.00000242. The van der Waals surface area contributed by atoms with Crippen molar-refractivity contribution in [1.29, 1.82) is 0 Å². The van der Waals surface area contributed by atoms with Gasteiger partial charge in [0.1, 0.15) is 6.10 Å². The molecule has 6 nitrogen and oxygen atoms in total. The summed E-state index contributed by atoms with van der Waals surface area (Å²) in [5, 5.41) is 2.80. The molecule has 0 aromatic heterocycles. The Labute approximate surface area is 149 Å². The van der Waals surface area contributed by atoms with E-state index < -0.39 is 6.10 Å². The molecule has 132 valence electrons. The molecule has 23 heavy (non-hydrogen) atoms. The molecule has 3 N–H and O–H groups in total. The van der Waals surface area contributed by atoms with Gasteiger partial charge < -0.3 is 20.5 Å². The molecule has 1 amide bonds. The first-order valence-electron chi connectivity index (χ1n) is 7.15. The van der Waals surface area contributed by atoms with Gasteiger partial charge in [0.25, 0.3) is 5.91 Å². The summed E-state index contributed by atoms with van der Waals surface area (Å²) in [5.74, 6) is -0.221. The van der Waals surface area contributed by atoms with Gasteiger partial charge in [-0.3, -0.25) is 9.69 Å². The van der Waals surface area contributed by atoms with Gasteiger partial charge in [0.05, 0.1) is 13.2 Å². The smallest absolute Gasteiger partial charge is 0.254 e. The minimum Gasteiger partial charge on any atom is -0.379 e. The minimum absolute atomic E-state index is 0. The highest BCUT2D eigenvalue weighted by molar-refractivity contribution is 5.94. The van der Waals surface area contributed by atoms with Crippen molar-refractivity contribution in [1.82, 2.24) is 4.90 Å². The van der Waals surface area contributed by atoms with Crippen molar-refractivity contribution in [3.05, 3.63) is 29.8 Å². The maximum Gasteiger partial charge on any atom is 0.254 e. The number of carbonyl (C=O) groups is 1. The van der Waals surface area contributed by atoms with Gasteiger partial charge in [-0.1, -0.05) is 12.1 Å². The number of nitrogens with two attached hydrogens (primary N) is 1. The molecule has 1 aliphatic rings. The fourth-order valence-corrected chi connectivity index (χ4v) is 2.24. The molecule has 1 saturated heterocycles. The Morgan fingerprint density at radius 1 is 1.30 bits per heavy atom. The normalized spacial score (nSPS) is 15.9. The van der Waals surface area contributed by atoms with Crippen LogP contribution in [0, 0.1) is 0 Å². The number of amides is 1. The number of benzene rings is 1. The lowest BCUT2D eigenvalue weighted by molar-refractivity contribution is -0.125. The third-order valence-corrected chi connectivity index (χ3v) is 3.52. The van der Waals surface area contributed by atoms with E-state index in [1.807, 2.05) is 24.3 Å². The van der Waals surface area contributed by atoms with E-state index in [2.05, 4.69) is 10.2 Å². The number of rotatable bonds is 6. The Morgan fingerprint density at radius 3 is 2.43 bits per heavy atom. The number of hydrogen-bond acceptors (Lipinski definition) is 5. The van der Waals surface area contributed by atoms with Crippen LogP contribution in [0.1, 0.15) is 5.56 Å². The number of nitrogens with zero attached hydrogens (tertiary/aromatic N) is 1. The van der Waals surface area contributed by atoms with Crippen LogP contribution in [0.2, 0.25) is 0 Å². The van der Waals surface area contributed by atoms with Crippen LogP contribution in [0.5, 0.6) is 0 Å². The lowest BCUT2D eigenvalue weighted by Gasteiger charge is -2.26. The molecule has 1 aromatic carbocycles. The van der Waals surface area contributed by atoms with Crippen molar-refractivity contribution >= 4 is 36.4 Å². The standard InChI is InChI=1S/C15H23N3O3.2ClH/c1-20-14(10-16)15(19)17-13-4-2-12(3-5-13)11-18-6-8-21-9-7-18;;/h2-5,14H,6-11,16H2,1H3,(H,17,19);2*1H. The predicted octanol–water partition coefficient (Wildman–Crippen LogP) is 1.27. The van der Waals surface area contributed by atoms with Crippen molar-refractivity contribution in [2.45, 2.75) is 12.6 Å². The molecule has 0 bridgehead atoms. The minimum atomic E-state index is -0.613. The molecule has 0 saturated carbocycles. The molecule has 1 aromatic rings. The van der Waals surface area contributed by atoms with Crippen LogP contribution in [0.3, 0.4) is 0 Å². The molecule has 1 unspecified atom stereocenters. The number of nitrogens with one attached hydrogen (secondary N) is 1. The zero-order valence-electron chi connectivity index (χ0n) is 13.2. The van der Waals surface area contributed by atoms with Gasteiger partial charge in [0, 0.05) is 39.0 Å². The number of methoxy groups -OCH3 is 1. The molecule has 0 spiro atoms. The Bertz CT molecular complexity index is 450. The fourth-order valence-electron chi connectivity index (χ4n) is 2.24. The van der Waals surface area contributed by atoms with Crippen molar-refractivity contribution in [2.24, 2.45) is 5.73 Å². The lowest BCUT2D eigenvalue weighted by atomic mass is 10.2. The van der Waals surface area contributed by atoms with Gasteiger partial charge >= 0.3 is 0 Å². The number of anilines is 1. The summed E-state index contributed by atoms with van der Waals surface area (Å²) in [7, 11) is 1.47. The van der Waals surface area contributed by atoms with Gasteiger partial charge in [-0.05, 0) is 17.7 Å². The van der Waals surface area contributed by atoms with Crippen molar-refractivity contribution in [3.8, 4) is 0 Å². The maximum atomic E-state index is 11.8. The SMILES string of the molecule is COC(CN)C(=O)Nc1ccc(CN2CCOCC2)cc1.Cl.Cl. The monoisotopic (exact) mass is 365 g/mol. The quantitative estimate of drug-likeness (QED) is 0.793. The molecule has 1 aliphatic heterocycles. The van der Waals surface area contributed by atoms with Gasteiger partial charge in [-0.25, -0.2) is 0 Å². The van der Waals surface area contributed by atoms with E-state index in [1.165, 1.54) is 12.7 Å². The van der Waals surface area contributed by atoms with Gasteiger partial charge in [0.2, 0.25) is 0 Å². The summed E-state index contributed by atoms with van der Waals surface area (Å²) < 4.78 is 10.3. The predicted molar refractivity (Wildman–Crippen MR) is 95.5 cm³/mol. The number of morpholine rings is 1. The average Bonchev–Trinajstić information content (AvgIpc) is 2.51. The molecular formula is C15H25Cl2N3O3. The molecule has 1 atom stereocenters. The molecule has 8 heteroatoms. The first-order valence-corrected chi connectivity index (χ1v) is 7.15. The van der Waals surface area contributed by atoms with Crippen LogP contribution in [0.25, 0.3) is 0 Å². The third-order valence-electron chi connectivity index (χ3n) is 3.52. The molecule has 0 radical (unpaired) electrons. The largest absolute Gasteiger partial charge is 0.379 e. The molecule has 0 aliphatic carbocycles. The van der Waals surface area contributed by atoms with E-state index in [0.29, 0.717) is 0 Å². The lowest BCUT2D eigenvalue weighted by Crippen LogP contribution is -2.36. The van der Waals surface area contributed by atoms with E-state index in [4.69, 9.17) is 15.2 Å². The first kappa shape index (κ1) is 22.1. The average molecular weight is 366 g/mol. The molecule has 1 fully saturated rings. The number of halogens is 2. The summed E-state index contributed by atoms with van der Waals surface area (Å²) in [6, 6.07) is 7.85. The van der Waals surface area contributed by atoms with Gasteiger partial charge in [0.15, 0.2) is 0 Å². The van der Waals surface area contributed by atoms with Crippen molar-refractivity contribution in [2.75, 3.05) is 45.3 Å². The zero-order chi connectivity index (χ0) is 15.1. The van der Waals surface area contributed by atoms with Crippen LogP contribution in [-0.2, 0) is 20.8 Å². The summed E-state index contributed by atoms with van der Waals surface area (Å²) in [4.78, 5) is 14.2. The molecule has 2 rings (SSSR count). The van der Waals surface area contributed by atoms with E-state index in [0.717, 1.165) is 38.5 Å². The molecule has 1 heterocycles. The highest BCUT2D eigenvalue weighted by atomic mass is 35.5. The zero-order valence-corrected chi connectivity index (χ0v) is 14.8. The highest BCUT2D eigenvalue weighted by Gasteiger charge is 2.15. The Hall–Kier alpha value is -0.890. The van der Waals surface area contributed by atoms with Crippen LogP contribution < -0.4 is 11.1 Å². The van der Waals surface area contributed by atoms with E-state index >= 15 is 0 Å². The van der Waals surface area contributed by atoms with Crippen molar-refractivity contribution < 1.29 is 14.3 Å². The summed E-state index contributed by atoms with van der Waals surface area (Å²) in [6.45, 7) is 4.59. The summed E-state index contributed by atoms with van der Waals surface area (Å²) in [6.07, 6.45) is -0.613. The van der Waals surface area contributed by atoms with Gasteiger partial charge in [-0.2, -0.15) is 0 Å². The summed E-state index contributed by atoms with van der Waals surface area (Å²) in [5.41, 5.74) is 7.44. The third kappa shape index (κ3) is 7.03. The second-order valence-corrected chi connectivity index (χ2v) is 5.03. The Kier molecular flexibility index (Phi) is 11.2. The highest BCUT2D eigenvalue weighted by Crippen LogP contribution is 2.13. The number of ether oxygens (including phenoxy) is 2. The van der Waals surface area contributed by atoms with Crippen LogP contribution in [0.15, 0.2) is 24.3 Å². The van der Waals surface area contributed by atoms with Crippen LogP contribution in [-0.4, -0.2) is 56.9 Å². The van der Waals surface area contributed by atoms with Gasteiger partial charge in [-0.15, -0.1) is 24.8 Å². The topological polar surface area (TPSA) is 76.8 Å². The summed E-state index contributed by atoms with van der Waals surface area (Å²) >= 11 is 0. The van der Waals surface area contributed by atoms with Crippen molar-refractivity contribution in [3.63, 3.8) is 0 Å². The second kappa shape index (κ2) is 11.6. The van der Waals surface area contributed by atoms with E-state index in [9.17, 15) is 4.79 Å². The molecular weight excluding hydrogens is 341 g/mol. The number of hydrogen-bond donors (Lipinski definition) is 2. The maximum absolute atomic E-state index is 11.8. The van der Waals surface area contributed by atoms with Crippen LogP contribution in [0.4, 0.5) is 5.69 Å². The van der Waals surface area contributed by atoms with Crippen LogP contribution >= 0.6 is 24.8 Å². The first-order chi connectivity index (χ1) is 10.2. The number of carbonyl (C=O) groups excluding carboxylic acids is 1. The van der Waals surface area contributed by atoms with E-state index in [-0.39, 0.29) is 37.3 Å². The van der Waals surface area contributed by atoms with E-state index in [1.54, 1.807) is 0 Å². The second-order valence-electron chi connectivity index (χ2n) is 5.03.